The van der Waals surface area contributed by atoms with E-state index in [0.717, 1.165) is 16.1 Å². The summed E-state index contributed by atoms with van der Waals surface area (Å²) in [5.74, 6) is -1.74. The minimum Gasteiger partial charge on any atom is -0.482 e. The van der Waals surface area contributed by atoms with Gasteiger partial charge in [0.2, 0.25) is 0 Å². The van der Waals surface area contributed by atoms with Crippen LogP contribution in [0.15, 0.2) is 60.7 Å². The van der Waals surface area contributed by atoms with Gasteiger partial charge in [-0.3, -0.25) is 9.59 Å². The van der Waals surface area contributed by atoms with Crippen molar-refractivity contribution in [1.82, 2.24) is 5.32 Å². The number of anilines is 2. The molecular weight excluding hydrogens is 1570 g/mol. The molecule has 33 rings (SSSR count). The Morgan fingerprint density at radius 1 is 0.348 bits per heavy atom. The maximum absolute atomic E-state index is 14.4. The second kappa shape index (κ2) is 38.9. The lowest BCUT2D eigenvalue weighted by Gasteiger charge is -2.51. The Labute approximate surface area is 656 Å². The van der Waals surface area contributed by atoms with Gasteiger partial charge in [-0.25, -0.2) is 0 Å². The molecule has 0 saturated carbocycles. The van der Waals surface area contributed by atoms with Crippen molar-refractivity contribution in [2.75, 3.05) is 83.8 Å². The largest absolute Gasteiger partial charge is 0.482 e. The molecule has 0 spiro atoms. The van der Waals surface area contributed by atoms with Crippen LogP contribution in [0.1, 0.15) is 9.67 Å². The third kappa shape index (κ3) is 18.8. The molecule has 30 fully saturated rings. The van der Waals surface area contributed by atoms with E-state index in [4.69, 9.17) is 80.5 Å². The van der Waals surface area contributed by atoms with Gasteiger partial charge in [-0.05, 0) is 42.0 Å². The maximum Gasteiger partial charge on any atom is 0.265 e. The first-order valence-electron chi connectivity index (χ1n) is 36.8. The van der Waals surface area contributed by atoms with Crippen LogP contribution in [0.2, 0.25) is 0 Å². The molecule has 25 N–H and O–H groups in total. The summed E-state index contributed by atoms with van der Waals surface area (Å²) in [5.41, 5.74) is 1.88. The van der Waals surface area contributed by atoms with E-state index < -0.39 is 317 Å². The second-order valence-corrected chi connectivity index (χ2v) is 30.0. The van der Waals surface area contributed by atoms with Crippen molar-refractivity contribution in [1.29, 1.82) is 0 Å². The van der Waals surface area contributed by atoms with Gasteiger partial charge < -0.3 is 214 Å². The molecular formula is C69H99N3O42S. The van der Waals surface area contributed by atoms with Crippen molar-refractivity contribution in [2.45, 2.75) is 246 Å². The highest BCUT2D eigenvalue weighted by atomic mass is 32.1. The quantitative estimate of drug-likeness (QED) is 0.0633. The van der Waals surface area contributed by atoms with Crippen LogP contribution in [-0.4, -0.2) is 448 Å². The van der Waals surface area contributed by atoms with Crippen molar-refractivity contribution in [2.24, 2.45) is 0 Å². The van der Waals surface area contributed by atoms with Crippen LogP contribution in [0.4, 0.5) is 11.4 Å². The van der Waals surface area contributed by atoms with Gasteiger partial charge in [-0.1, -0.05) is 24.3 Å². The topological polar surface area (TPSA) is 684 Å². The van der Waals surface area contributed by atoms with Crippen LogP contribution >= 0.6 is 11.3 Å². The van der Waals surface area contributed by atoms with E-state index in [1.54, 1.807) is 18.2 Å². The average Bonchev–Trinajstić information content (AvgIpc) is 1.01. The molecule has 1 aromatic heterocycles. The van der Waals surface area contributed by atoms with Crippen LogP contribution < -0.4 is 20.3 Å². The van der Waals surface area contributed by atoms with Gasteiger partial charge in [0.05, 0.1) is 69.5 Å². The molecule has 31 heterocycles. The molecule has 30 aliphatic rings. The number of para-hydroxylation sites is 2. The van der Waals surface area contributed by atoms with E-state index in [0.29, 0.717) is 4.88 Å². The first-order chi connectivity index (χ1) is 55.0. The smallest absolute Gasteiger partial charge is 0.265 e. The number of benzene rings is 2. The van der Waals surface area contributed by atoms with Crippen LogP contribution in [0.3, 0.4) is 0 Å². The highest BCUT2D eigenvalue weighted by molar-refractivity contribution is 7.17. The molecule has 2 amide bonds. The number of aliphatic hydroxyl groups is 23. The van der Waals surface area contributed by atoms with Crippen LogP contribution in [-0.2, 0) is 80.6 Å². The molecule has 40 atom stereocenters. The summed E-state index contributed by atoms with van der Waals surface area (Å²) in [6, 6.07) is 15.0. The number of nitrogens with one attached hydrogen (secondary N) is 2. The molecule has 30 aliphatic heterocycles. The molecule has 0 radical (unpaired) electrons. The Bertz CT molecular complexity index is 3570. The standard InChI is InChI=1S/C69H99N3O42S/c1-72(2)23-9-7-22(8-10-23)34-11-12-35(115-34)61(97)70-24-5-3-4-6-25(24)98-21-36(81)71-37-38(82)62-99-26(13-73)53(37)107-63-46(90)39(83)55(28(15-75)100-63)109-65-48(92)41(85)57(30(17-77)102-65)111-67-50(94)43(87)59(32(19-79)104-67)113-69-52(96)45(89)60(33(20-80)106-69)114-68-51(95)44(88)58(31(18-78)105-68)112-66-49(93)42(86)56(29(16-76)103-66)110-64-47(91)40(84)54(108-62)27(14-74)101-64/h3-12,26-33,37-60,62-69,73-80,82-96H,13-21H2,1-2H3,(H,70,97)(H,71,81)/t26-,27-,28-,29-,30-,31-,32-,33-,37-,38-,39-,40-,41-,42-,43-,44-,45-,46-,47-,48-,49-,50-,51-,52-,53-,54-,55-,56-,57-,58-,59-,60-,62-,63-,64-,65-,66-,67-,68-,69-/m1/s1. The third-order valence-electron chi connectivity index (χ3n) is 21.3. The molecule has 16 bridgehead atoms. The zero-order chi connectivity index (χ0) is 82.9. The second-order valence-electron chi connectivity index (χ2n) is 28.9. The summed E-state index contributed by atoms with van der Waals surface area (Å²) >= 11 is 1.19. The third-order valence-corrected chi connectivity index (χ3v) is 22.4. The SMILES string of the molecule is CN(C)c1ccc(-c2ccc(C(=O)Nc3ccccc3OCC(=O)N[C@@H]3[C@@H](O)[C@H]4O[C@H]5[C@H](O)[C@@H](O)[C@@H](O[C@H]6[C@H](O)[C@@H](O)[C@@H](O[C@H]7[C@H](O)[C@@H](O)[C@@H](O[C@H]8[C@H](O)[C@@H](O)[C@@H](O[C@H]9[C@H](O)[C@@H](O)[C@@H](O[C@H]%10[C@H](O)[C@@H](O)[C@@H](O[C@H]%11[C@H](O)[C@@H](O)[C@@H](O[C@@H]3[C@@H](CO)O4)O[C@@H]%11CO)O[C@@H]%10CO)O[C@@H]9CO)O[C@@H]8CO)O[C@@H]7CO)O[C@@H]6CO)O[C@@H]5CO)s2)cc1. The summed E-state index contributed by atoms with van der Waals surface area (Å²) in [6.07, 6.45) is -82.3. The van der Waals surface area contributed by atoms with Gasteiger partial charge in [0.25, 0.3) is 11.8 Å². The highest BCUT2D eigenvalue weighted by Gasteiger charge is 2.61. The Morgan fingerprint density at radius 3 is 0.922 bits per heavy atom. The summed E-state index contributed by atoms with van der Waals surface area (Å²) < 4.78 is 99.4. The minimum atomic E-state index is -2.36. The number of hydrogen-bond donors (Lipinski definition) is 25. The first kappa shape index (κ1) is 89.4. The fourth-order valence-corrected chi connectivity index (χ4v) is 15.8. The number of carbonyl (C=O) groups is 2. The minimum absolute atomic E-state index is 0.0638. The van der Waals surface area contributed by atoms with Crippen molar-refractivity contribution in [3.05, 3.63) is 65.5 Å². The van der Waals surface area contributed by atoms with Crippen molar-refractivity contribution < 1.29 is 208 Å². The fraction of sp³-hybridized carbons (Fsp3) is 0.739. The first-order valence-corrected chi connectivity index (χ1v) is 37.6. The van der Waals surface area contributed by atoms with E-state index in [-0.39, 0.29) is 11.4 Å². The molecule has 30 saturated heterocycles. The Kier molecular flexibility index (Phi) is 30.2. The molecule has 3 aromatic rings. The van der Waals surface area contributed by atoms with Crippen LogP contribution in [0.5, 0.6) is 5.75 Å². The number of rotatable bonds is 16. The Morgan fingerprint density at radius 2 is 0.626 bits per heavy atom. The van der Waals surface area contributed by atoms with Gasteiger partial charge in [0, 0.05) is 24.7 Å². The van der Waals surface area contributed by atoms with E-state index in [1.807, 2.05) is 43.3 Å². The van der Waals surface area contributed by atoms with Gasteiger partial charge in [-0.2, -0.15) is 0 Å². The highest BCUT2D eigenvalue weighted by Crippen LogP contribution is 2.41. The molecule has 45 nitrogen and oxygen atoms in total. The average molecular weight is 1670 g/mol. The van der Waals surface area contributed by atoms with E-state index >= 15 is 0 Å². The number of amides is 2. The van der Waals surface area contributed by atoms with Crippen molar-refractivity contribution in [3.63, 3.8) is 0 Å². The zero-order valence-corrected chi connectivity index (χ0v) is 61.9. The van der Waals surface area contributed by atoms with Gasteiger partial charge >= 0.3 is 0 Å². The number of nitrogens with zero attached hydrogens (tertiary/aromatic N) is 1. The lowest BCUT2D eigenvalue weighted by atomic mass is 9.93. The van der Waals surface area contributed by atoms with E-state index in [9.17, 15) is 127 Å². The van der Waals surface area contributed by atoms with Crippen LogP contribution in [0, 0.1) is 0 Å². The molecule has 0 unspecified atom stereocenters. The predicted octanol–water partition coefficient (Wildman–Crippen LogP) is -13.2. The fourth-order valence-electron chi connectivity index (χ4n) is 14.9. The summed E-state index contributed by atoms with van der Waals surface area (Å²) in [6.45, 7) is -9.99. The predicted molar refractivity (Wildman–Crippen MR) is 371 cm³/mol. The zero-order valence-electron chi connectivity index (χ0n) is 61.1. The maximum atomic E-state index is 14.4. The molecule has 648 valence electrons. The normalized spacial score (nSPS) is 44.9. The number of carbonyl (C=O) groups excluding carboxylic acids is 2. The van der Waals surface area contributed by atoms with E-state index in [1.165, 1.54) is 29.5 Å². The van der Waals surface area contributed by atoms with E-state index in [2.05, 4.69) is 10.6 Å². The number of hydrogen-bond acceptors (Lipinski definition) is 44. The number of aliphatic hydroxyl groups excluding tert-OH is 23. The number of ether oxygens (including phenoxy) is 17. The van der Waals surface area contributed by atoms with Gasteiger partial charge in [0.1, 0.15) is 195 Å². The monoisotopic (exact) mass is 1670 g/mol. The van der Waals surface area contributed by atoms with Gasteiger partial charge in [0.15, 0.2) is 56.9 Å². The lowest BCUT2D eigenvalue weighted by molar-refractivity contribution is -0.402. The van der Waals surface area contributed by atoms with Crippen molar-refractivity contribution in [3.8, 4) is 16.2 Å². The Hall–Kier alpha value is -4.88. The van der Waals surface area contributed by atoms with Crippen molar-refractivity contribution >= 4 is 34.5 Å². The number of thiophene rings is 1. The Balaban J connectivity index is 0.814. The molecule has 46 heteroatoms. The molecule has 0 aliphatic carbocycles. The molecule has 2 aromatic carbocycles. The lowest BCUT2D eigenvalue weighted by Crippen LogP contribution is -2.70. The summed E-state index contributed by atoms with van der Waals surface area (Å²) in [5, 5.41) is 266. The molecule has 115 heavy (non-hydrogen) atoms. The summed E-state index contributed by atoms with van der Waals surface area (Å²) in [7, 11) is 3.79. The van der Waals surface area contributed by atoms with Gasteiger partial charge in [-0.15, -0.1) is 11.3 Å². The van der Waals surface area contributed by atoms with Crippen LogP contribution in [0.25, 0.3) is 10.4 Å². The summed E-state index contributed by atoms with van der Waals surface area (Å²) in [4.78, 5) is 31.2.